The average molecular weight is 284 g/mol. The zero-order valence-electron chi connectivity index (χ0n) is 8.06. The first-order chi connectivity index (χ1) is 7.50. The lowest BCUT2D eigenvalue weighted by Crippen LogP contribution is -2.33. The Kier molecular flexibility index (Phi) is 4.92. The molecule has 0 atom stereocenters. The molecular formula is C8H9Cl3N4O. The predicted octanol–water partition coefficient (Wildman–Crippen LogP) is 2.12. The maximum atomic E-state index is 10.4. The van der Waals surface area contributed by atoms with Crippen LogP contribution in [0.1, 0.15) is 0 Å². The van der Waals surface area contributed by atoms with Crippen LogP contribution in [-0.2, 0) is 0 Å². The van der Waals surface area contributed by atoms with Gasteiger partial charge in [-0.25, -0.2) is 9.78 Å². The number of halogens is 3. The molecule has 0 bridgehead atoms. The lowest BCUT2D eigenvalue weighted by Gasteiger charge is -2.08. The van der Waals surface area contributed by atoms with Crippen LogP contribution in [-0.4, -0.2) is 24.1 Å². The molecule has 1 aromatic rings. The minimum absolute atomic E-state index is 0.163. The number of nitrogens with one attached hydrogen (secondary N) is 2. The number of nitrogens with zero attached hydrogens (tertiary/aromatic N) is 1. The van der Waals surface area contributed by atoms with Gasteiger partial charge in [-0.3, -0.25) is 0 Å². The quantitative estimate of drug-likeness (QED) is 0.585. The van der Waals surface area contributed by atoms with E-state index in [2.05, 4.69) is 15.6 Å². The smallest absolute Gasteiger partial charge is 0.312 e. The van der Waals surface area contributed by atoms with E-state index in [-0.39, 0.29) is 10.2 Å². The SMILES string of the molecule is NC(=O)NCCNc1nc(Cl)c(Cl)cc1Cl. The molecule has 1 rings (SSSR count). The molecule has 0 aromatic carbocycles. The van der Waals surface area contributed by atoms with E-state index >= 15 is 0 Å². The van der Waals surface area contributed by atoms with E-state index < -0.39 is 6.03 Å². The summed E-state index contributed by atoms with van der Waals surface area (Å²) in [6.07, 6.45) is 0. The third-order valence-electron chi connectivity index (χ3n) is 1.60. The molecule has 1 aromatic heterocycles. The number of rotatable bonds is 4. The van der Waals surface area contributed by atoms with E-state index in [0.717, 1.165) is 0 Å². The number of pyridine rings is 1. The van der Waals surface area contributed by atoms with E-state index in [1.54, 1.807) is 0 Å². The van der Waals surface area contributed by atoms with Crippen molar-refractivity contribution in [3.8, 4) is 0 Å². The number of nitrogens with two attached hydrogens (primary N) is 1. The van der Waals surface area contributed by atoms with Crippen molar-refractivity contribution in [3.05, 3.63) is 21.3 Å². The second-order valence-electron chi connectivity index (χ2n) is 2.81. The topological polar surface area (TPSA) is 80.0 Å². The highest BCUT2D eigenvalue weighted by atomic mass is 35.5. The maximum Gasteiger partial charge on any atom is 0.312 e. The Morgan fingerprint density at radius 3 is 2.62 bits per heavy atom. The molecule has 0 aliphatic rings. The molecule has 0 spiro atoms. The van der Waals surface area contributed by atoms with Gasteiger partial charge in [0.25, 0.3) is 0 Å². The monoisotopic (exact) mass is 282 g/mol. The minimum Gasteiger partial charge on any atom is -0.367 e. The fourth-order valence-electron chi connectivity index (χ4n) is 0.935. The molecule has 0 fully saturated rings. The number of primary amides is 1. The predicted molar refractivity (Wildman–Crippen MR) is 65.3 cm³/mol. The van der Waals surface area contributed by atoms with E-state index in [0.29, 0.717) is 23.9 Å². The van der Waals surface area contributed by atoms with Crippen molar-refractivity contribution in [1.29, 1.82) is 0 Å². The van der Waals surface area contributed by atoms with Gasteiger partial charge < -0.3 is 16.4 Å². The van der Waals surface area contributed by atoms with Gasteiger partial charge in [-0.1, -0.05) is 34.8 Å². The van der Waals surface area contributed by atoms with E-state index in [1.807, 2.05) is 0 Å². The second-order valence-corrected chi connectivity index (χ2v) is 3.98. The number of urea groups is 1. The summed E-state index contributed by atoms with van der Waals surface area (Å²) < 4.78 is 0. The molecule has 0 radical (unpaired) electrons. The van der Waals surface area contributed by atoms with Crippen molar-refractivity contribution >= 4 is 46.7 Å². The highest BCUT2D eigenvalue weighted by molar-refractivity contribution is 6.42. The standard InChI is InChI=1S/C8H9Cl3N4O/c9-4-3-5(10)7(15-6(4)11)13-1-2-14-8(12)16/h3H,1-2H2,(H,13,15)(H3,12,14,16). The Morgan fingerprint density at radius 1 is 1.31 bits per heavy atom. The molecule has 0 aliphatic carbocycles. The molecule has 0 aliphatic heterocycles. The summed E-state index contributed by atoms with van der Waals surface area (Å²) >= 11 is 17.3. The Labute approximate surface area is 107 Å². The normalized spacial score (nSPS) is 9.94. The summed E-state index contributed by atoms with van der Waals surface area (Å²) in [4.78, 5) is 14.3. The lowest BCUT2D eigenvalue weighted by molar-refractivity contribution is 0.249. The van der Waals surface area contributed by atoms with Gasteiger partial charge in [0, 0.05) is 13.1 Å². The summed E-state index contributed by atoms with van der Waals surface area (Å²) in [5.74, 6) is 0.405. The van der Waals surface area contributed by atoms with Crippen molar-refractivity contribution in [2.45, 2.75) is 0 Å². The average Bonchev–Trinajstić information content (AvgIpc) is 2.19. The Bertz CT molecular complexity index is 399. The van der Waals surface area contributed by atoms with Crippen molar-refractivity contribution < 1.29 is 4.79 Å². The van der Waals surface area contributed by atoms with Gasteiger partial charge in [0.05, 0.1) is 10.0 Å². The molecule has 0 saturated carbocycles. The number of carbonyl (C=O) groups excluding carboxylic acids is 1. The first-order valence-electron chi connectivity index (χ1n) is 4.29. The number of carbonyl (C=O) groups is 1. The molecule has 2 amide bonds. The lowest BCUT2D eigenvalue weighted by atomic mass is 10.4. The summed E-state index contributed by atoms with van der Waals surface area (Å²) in [5, 5.41) is 6.09. The summed E-state index contributed by atoms with van der Waals surface area (Å²) in [7, 11) is 0. The molecule has 88 valence electrons. The van der Waals surface area contributed by atoms with Gasteiger partial charge in [0.15, 0.2) is 0 Å². The maximum absolute atomic E-state index is 10.4. The molecular weight excluding hydrogens is 274 g/mol. The van der Waals surface area contributed by atoms with Crippen LogP contribution in [0, 0.1) is 0 Å². The first kappa shape index (κ1) is 13.2. The number of hydrogen-bond donors (Lipinski definition) is 3. The number of aromatic nitrogens is 1. The summed E-state index contributed by atoms with van der Waals surface area (Å²) in [6, 6.07) is 0.900. The Balaban J connectivity index is 2.54. The third-order valence-corrected chi connectivity index (χ3v) is 2.56. The molecule has 0 unspecified atom stereocenters. The zero-order valence-corrected chi connectivity index (χ0v) is 10.3. The second kappa shape index (κ2) is 5.98. The number of hydrogen-bond acceptors (Lipinski definition) is 3. The van der Waals surface area contributed by atoms with Crippen LogP contribution in [0.25, 0.3) is 0 Å². The van der Waals surface area contributed by atoms with Crippen LogP contribution in [0.15, 0.2) is 6.07 Å². The Hall–Kier alpha value is -0.910. The van der Waals surface area contributed by atoms with Crippen molar-refractivity contribution in [1.82, 2.24) is 10.3 Å². The zero-order chi connectivity index (χ0) is 12.1. The van der Waals surface area contributed by atoms with Gasteiger partial charge in [-0.2, -0.15) is 0 Å². The van der Waals surface area contributed by atoms with Crippen molar-refractivity contribution in [3.63, 3.8) is 0 Å². The van der Waals surface area contributed by atoms with Crippen LogP contribution < -0.4 is 16.4 Å². The summed E-state index contributed by atoms with van der Waals surface area (Å²) in [5.41, 5.74) is 4.89. The fraction of sp³-hybridized carbons (Fsp3) is 0.250. The van der Waals surface area contributed by atoms with Gasteiger partial charge in [-0.15, -0.1) is 0 Å². The van der Waals surface area contributed by atoms with Crippen LogP contribution in [0.2, 0.25) is 15.2 Å². The number of amides is 2. The first-order valence-corrected chi connectivity index (χ1v) is 5.43. The van der Waals surface area contributed by atoms with E-state index in [4.69, 9.17) is 40.5 Å². The molecule has 8 heteroatoms. The third kappa shape index (κ3) is 3.92. The van der Waals surface area contributed by atoms with Gasteiger partial charge in [0.2, 0.25) is 0 Å². The van der Waals surface area contributed by atoms with Crippen molar-refractivity contribution in [2.24, 2.45) is 5.73 Å². The highest BCUT2D eigenvalue weighted by Crippen LogP contribution is 2.28. The van der Waals surface area contributed by atoms with Crippen LogP contribution >= 0.6 is 34.8 Å². The molecule has 4 N–H and O–H groups in total. The number of anilines is 1. The molecule has 16 heavy (non-hydrogen) atoms. The van der Waals surface area contributed by atoms with E-state index in [9.17, 15) is 4.79 Å². The van der Waals surface area contributed by atoms with Crippen LogP contribution in [0.4, 0.5) is 10.6 Å². The van der Waals surface area contributed by atoms with Gasteiger partial charge in [0.1, 0.15) is 11.0 Å². The Morgan fingerprint density at radius 2 is 2.00 bits per heavy atom. The van der Waals surface area contributed by atoms with Crippen LogP contribution in [0.3, 0.4) is 0 Å². The largest absolute Gasteiger partial charge is 0.367 e. The molecule has 5 nitrogen and oxygen atoms in total. The van der Waals surface area contributed by atoms with Crippen molar-refractivity contribution in [2.75, 3.05) is 18.4 Å². The molecule has 0 saturated heterocycles. The fourth-order valence-corrected chi connectivity index (χ4v) is 1.50. The van der Waals surface area contributed by atoms with E-state index in [1.165, 1.54) is 6.07 Å². The highest BCUT2D eigenvalue weighted by Gasteiger charge is 2.06. The van der Waals surface area contributed by atoms with Gasteiger partial charge >= 0.3 is 6.03 Å². The summed E-state index contributed by atoms with van der Waals surface area (Å²) in [6.45, 7) is 0.779. The van der Waals surface area contributed by atoms with Gasteiger partial charge in [-0.05, 0) is 6.07 Å². The minimum atomic E-state index is -0.588. The van der Waals surface area contributed by atoms with Crippen LogP contribution in [0.5, 0.6) is 0 Å². The molecule has 1 heterocycles.